The number of phenolic OH excluding ortho intramolecular Hbond substituents is 1. The van der Waals surface area contributed by atoms with Gasteiger partial charge in [0, 0.05) is 12.1 Å². The monoisotopic (exact) mass is 312 g/mol. The molecule has 7 nitrogen and oxygen atoms in total. The van der Waals surface area contributed by atoms with Crippen molar-refractivity contribution in [2.75, 3.05) is 12.3 Å². The molecule has 0 aromatic heterocycles. The largest absolute Gasteiger partial charge is 0.505 e. The number of nitrogen functional groups attached to an aromatic ring is 1. The molecule has 0 aliphatic carbocycles. The molecule has 0 spiro atoms. The fraction of sp³-hybridized carbons (Fsp3) is 0.533. The lowest BCUT2D eigenvalue weighted by Gasteiger charge is -2.21. The number of para-hydroxylation sites is 1. The molecule has 0 heterocycles. The van der Waals surface area contributed by atoms with Crippen molar-refractivity contribution in [3.8, 4) is 5.75 Å². The van der Waals surface area contributed by atoms with E-state index >= 15 is 0 Å². The van der Waals surface area contributed by atoms with Crippen molar-refractivity contribution in [1.82, 2.24) is 5.32 Å². The highest BCUT2D eigenvalue weighted by atomic mass is 16.6. The summed E-state index contributed by atoms with van der Waals surface area (Å²) in [4.78, 5) is 11.4. The molecular formula is C15H24N2O5. The standard InChI is InChI=1S/C15H24N2O5/c1-15(2,3)22-14(21)17-8-7-11(18)13(20)9-5-4-6-10(16)12(9)19/h4-6,11,13,18-20H,7-8,16H2,1-3H3,(H,17,21). The molecule has 0 saturated carbocycles. The highest BCUT2D eigenvalue weighted by Crippen LogP contribution is 2.31. The molecule has 2 unspecified atom stereocenters. The minimum atomic E-state index is -1.30. The normalized spacial score (nSPS) is 14.2. The second-order valence-corrected chi connectivity index (χ2v) is 6.01. The predicted molar refractivity (Wildman–Crippen MR) is 82.3 cm³/mol. The van der Waals surface area contributed by atoms with Crippen LogP contribution in [-0.4, -0.2) is 39.7 Å². The number of nitrogens with two attached hydrogens (primary N) is 1. The Kier molecular flexibility index (Phi) is 6.01. The first kappa shape index (κ1) is 18.1. The summed E-state index contributed by atoms with van der Waals surface area (Å²) in [5.74, 6) is -0.255. The van der Waals surface area contributed by atoms with Crippen LogP contribution in [0.15, 0.2) is 18.2 Å². The Hall–Kier alpha value is -1.99. The average Bonchev–Trinajstić information content (AvgIpc) is 2.39. The van der Waals surface area contributed by atoms with Gasteiger partial charge in [-0.1, -0.05) is 12.1 Å². The van der Waals surface area contributed by atoms with Crippen LogP contribution in [0.25, 0.3) is 0 Å². The summed E-state index contributed by atoms with van der Waals surface area (Å²) >= 11 is 0. The summed E-state index contributed by atoms with van der Waals surface area (Å²) in [6.45, 7) is 5.35. The molecule has 0 bridgehead atoms. The minimum absolute atomic E-state index is 0.0919. The number of alkyl carbamates (subject to hydrolysis) is 1. The molecule has 1 rings (SSSR count). The first-order chi connectivity index (χ1) is 10.1. The maximum atomic E-state index is 11.4. The van der Waals surface area contributed by atoms with Crippen molar-refractivity contribution in [3.05, 3.63) is 23.8 Å². The number of aromatic hydroxyl groups is 1. The number of ether oxygens (including phenoxy) is 1. The highest BCUT2D eigenvalue weighted by molar-refractivity contribution is 5.67. The van der Waals surface area contributed by atoms with E-state index in [4.69, 9.17) is 10.5 Å². The number of benzene rings is 1. The average molecular weight is 312 g/mol. The van der Waals surface area contributed by atoms with Gasteiger partial charge >= 0.3 is 6.09 Å². The van der Waals surface area contributed by atoms with Crippen LogP contribution in [0.4, 0.5) is 10.5 Å². The number of phenols is 1. The number of aliphatic hydroxyl groups excluding tert-OH is 2. The lowest BCUT2D eigenvalue weighted by molar-refractivity contribution is 0.0111. The smallest absolute Gasteiger partial charge is 0.407 e. The summed E-state index contributed by atoms with van der Waals surface area (Å²) in [6, 6.07) is 4.53. The maximum absolute atomic E-state index is 11.4. The topological polar surface area (TPSA) is 125 Å². The molecule has 1 aromatic carbocycles. The molecule has 0 aliphatic rings. The van der Waals surface area contributed by atoms with E-state index in [0.29, 0.717) is 0 Å². The molecular weight excluding hydrogens is 288 g/mol. The van der Waals surface area contributed by atoms with Gasteiger partial charge in [-0.3, -0.25) is 0 Å². The zero-order chi connectivity index (χ0) is 16.9. The minimum Gasteiger partial charge on any atom is -0.505 e. The Morgan fingerprint density at radius 3 is 2.59 bits per heavy atom. The maximum Gasteiger partial charge on any atom is 0.407 e. The van der Waals surface area contributed by atoms with E-state index in [9.17, 15) is 20.1 Å². The van der Waals surface area contributed by atoms with Crippen molar-refractivity contribution >= 4 is 11.8 Å². The van der Waals surface area contributed by atoms with Crippen molar-refractivity contribution in [3.63, 3.8) is 0 Å². The molecule has 0 saturated heterocycles. The second kappa shape index (κ2) is 7.33. The van der Waals surface area contributed by atoms with Gasteiger partial charge in [0.1, 0.15) is 17.5 Å². The number of rotatable bonds is 5. The molecule has 1 amide bonds. The van der Waals surface area contributed by atoms with E-state index in [-0.39, 0.29) is 30.0 Å². The Balaban J connectivity index is 2.50. The number of hydrogen-bond acceptors (Lipinski definition) is 6. The van der Waals surface area contributed by atoms with Gasteiger partial charge in [-0.25, -0.2) is 4.79 Å². The summed E-state index contributed by atoms with van der Waals surface area (Å²) in [5.41, 5.74) is 5.20. The van der Waals surface area contributed by atoms with Crippen LogP contribution in [0.1, 0.15) is 38.9 Å². The lowest BCUT2D eigenvalue weighted by atomic mass is 10.0. The number of aliphatic hydroxyl groups is 2. The second-order valence-electron chi connectivity index (χ2n) is 6.01. The van der Waals surface area contributed by atoms with Crippen LogP contribution in [0.2, 0.25) is 0 Å². The van der Waals surface area contributed by atoms with Crippen molar-refractivity contribution < 1.29 is 24.9 Å². The number of amides is 1. The highest BCUT2D eigenvalue weighted by Gasteiger charge is 2.22. The molecule has 22 heavy (non-hydrogen) atoms. The third-order valence-electron chi connectivity index (χ3n) is 2.89. The number of anilines is 1. The van der Waals surface area contributed by atoms with Gasteiger partial charge in [-0.15, -0.1) is 0 Å². The number of carbonyl (C=O) groups is 1. The quantitative estimate of drug-likeness (QED) is 0.412. The number of carbonyl (C=O) groups excluding carboxylic acids is 1. The molecule has 0 radical (unpaired) electrons. The molecule has 124 valence electrons. The van der Waals surface area contributed by atoms with Gasteiger partial charge in [0.15, 0.2) is 0 Å². The summed E-state index contributed by atoms with van der Waals surface area (Å²) < 4.78 is 5.05. The van der Waals surface area contributed by atoms with Crippen molar-refractivity contribution in [1.29, 1.82) is 0 Å². The van der Waals surface area contributed by atoms with Gasteiger partial charge in [0.25, 0.3) is 0 Å². The Morgan fingerprint density at radius 1 is 1.36 bits per heavy atom. The lowest BCUT2D eigenvalue weighted by Crippen LogP contribution is -2.34. The van der Waals surface area contributed by atoms with Crippen molar-refractivity contribution in [2.24, 2.45) is 0 Å². The number of hydrogen-bond donors (Lipinski definition) is 5. The van der Waals surface area contributed by atoms with Crippen LogP contribution >= 0.6 is 0 Å². The fourth-order valence-corrected chi connectivity index (χ4v) is 1.82. The van der Waals surface area contributed by atoms with Gasteiger partial charge in [0.05, 0.1) is 11.8 Å². The van der Waals surface area contributed by atoms with E-state index < -0.39 is 23.9 Å². The van der Waals surface area contributed by atoms with Gasteiger partial charge in [-0.05, 0) is 33.3 Å². The van der Waals surface area contributed by atoms with Gasteiger partial charge in [-0.2, -0.15) is 0 Å². The van der Waals surface area contributed by atoms with Crippen LogP contribution in [0.3, 0.4) is 0 Å². The van der Waals surface area contributed by atoms with E-state index in [0.717, 1.165) is 0 Å². The van der Waals surface area contributed by atoms with E-state index in [2.05, 4.69) is 5.32 Å². The summed E-state index contributed by atoms with van der Waals surface area (Å²) in [6.07, 6.45) is -2.97. The zero-order valence-electron chi connectivity index (χ0n) is 13.0. The van der Waals surface area contributed by atoms with Gasteiger partial charge in [0.2, 0.25) is 0 Å². The number of nitrogens with one attached hydrogen (secondary N) is 1. The molecule has 7 heteroatoms. The van der Waals surface area contributed by atoms with Gasteiger partial charge < -0.3 is 31.1 Å². The van der Waals surface area contributed by atoms with Crippen LogP contribution in [-0.2, 0) is 4.74 Å². The first-order valence-corrected chi connectivity index (χ1v) is 7.02. The van der Waals surface area contributed by atoms with Crippen LogP contribution < -0.4 is 11.1 Å². The summed E-state index contributed by atoms with van der Waals surface area (Å²) in [5, 5.41) is 32.2. The van der Waals surface area contributed by atoms with Crippen LogP contribution in [0, 0.1) is 0 Å². The SMILES string of the molecule is CC(C)(C)OC(=O)NCCC(O)C(O)c1cccc(N)c1O. The Morgan fingerprint density at radius 2 is 2.00 bits per heavy atom. The summed E-state index contributed by atoms with van der Waals surface area (Å²) in [7, 11) is 0. The van der Waals surface area contributed by atoms with E-state index in [1.807, 2.05) is 0 Å². The zero-order valence-corrected chi connectivity index (χ0v) is 13.0. The Bertz CT molecular complexity index is 513. The van der Waals surface area contributed by atoms with Crippen LogP contribution in [0.5, 0.6) is 5.75 Å². The van der Waals surface area contributed by atoms with E-state index in [1.165, 1.54) is 12.1 Å². The molecule has 0 aliphatic heterocycles. The molecule has 6 N–H and O–H groups in total. The predicted octanol–water partition coefficient (Wildman–Crippen LogP) is 1.28. The Labute approximate surface area is 129 Å². The first-order valence-electron chi connectivity index (χ1n) is 7.02. The van der Waals surface area contributed by atoms with E-state index in [1.54, 1.807) is 26.8 Å². The molecule has 0 fully saturated rings. The molecule has 1 aromatic rings. The molecule has 2 atom stereocenters. The van der Waals surface area contributed by atoms with Crippen molar-refractivity contribution in [2.45, 2.75) is 45.0 Å². The fourth-order valence-electron chi connectivity index (χ4n) is 1.82. The third kappa shape index (κ3) is 5.42. The third-order valence-corrected chi connectivity index (χ3v) is 2.89.